The van der Waals surface area contributed by atoms with Gasteiger partial charge in [-0.1, -0.05) is 13.8 Å². The predicted octanol–water partition coefficient (Wildman–Crippen LogP) is 0.794. The van der Waals surface area contributed by atoms with E-state index >= 15 is 0 Å². The molecular formula is C8H17NO3. The lowest BCUT2D eigenvalue weighted by molar-refractivity contribution is -0.137. The van der Waals surface area contributed by atoms with E-state index in [1.165, 1.54) is 6.92 Å². The average Bonchev–Trinajstić information content (AvgIpc) is 2.03. The summed E-state index contributed by atoms with van der Waals surface area (Å²) >= 11 is 0. The van der Waals surface area contributed by atoms with Gasteiger partial charge in [0.25, 0.3) is 0 Å². The molecule has 0 amide bonds. The first kappa shape index (κ1) is 13.7. The number of carboxylic acids is 1. The number of nitrogens with two attached hydrogens (primary N) is 1. The van der Waals surface area contributed by atoms with Gasteiger partial charge >= 0.3 is 5.97 Å². The molecule has 0 aromatic heterocycles. The van der Waals surface area contributed by atoms with E-state index in [9.17, 15) is 9.59 Å². The molecule has 0 aromatic rings. The highest BCUT2D eigenvalue weighted by molar-refractivity contribution is 5.81. The van der Waals surface area contributed by atoms with Crippen molar-refractivity contribution in [1.82, 2.24) is 0 Å². The van der Waals surface area contributed by atoms with E-state index in [1.807, 2.05) is 13.8 Å². The van der Waals surface area contributed by atoms with Gasteiger partial charge in [0, 0.05) is 6.42 Å². The molecule has 1 unspecified atom stereocenters. The lowest BCUT2D eigenvalue weighted by atomic mass is 10.1. The van der Waals surface area contributed by atoms with E-state index in [4.69, 9.17) is 10.8 Å². The molecule has 4 heteroatoms. The fraction of sp³-hybridized carbons (Fsp3) is 0.750. The molecule has 3 N–H and O–H groups in total. The summed E-state index contributed by atoms with van der Waals surface area (Å²) in [5.74, 6) is -1.09. The van der Waals surface area contributed by atoms with Crippen LogP contribution in [0.25, 0.3) is 0 Å². The van der Waals surface area contributed by atoms with Crippen molar-refractivity contribution in [2.75, 3.05) is 0 Å². The summed E-state index contributed by atoms with van der Waals surface area (Å²) in [6.07, 6.45) is 0.186. The summed E-state index contributed by atoms with van der Waals surface area (Å²) in [7, 11) is 0. The van der Waals surface area contributed by atoms with Gasteiger partial charge in [-0.2, -0.15) is 0 Å². The maximum atomic E-state index is 10.4. The van der Waals surface area contributed by atoms with Gasteiger partial charge in [0.05, 0.1) is 6.04 Å². The molecule has 0 spiro atoms. The van der Waals surface area contributed by atoms with Crippen LogP contribution in [0.1, 0.15) is 33.6 Å². The number of Topliss-reactive ketones (excluding diaryl/α,β-unsaturated/α-hetero) is 1. The Balaban J connectivity index is 0. The monoisotopic (exact) mass is 175 g/mol. The highest BCUT2D eigenvalue weighted by atomic mass is 16.4. The molecule has 0 aromatic carbocycles. The standard InChI is InChI=1S/C6H11NO3.C2H6/c1-4(8)5(7)2-3-6(9)10;1-2/h5H,2-3,7H2,1H3,(H,9,10);1-2H3. The van der Waals surface area contributed by atoms with Crippen molar-refractivity contribution >= 4 is 11.8 Å². The Bertz CT molecular complexity index is 145. The average molecular weight is 175 g/mol. The molecule has 12 heavy (non-hydrogen) atoms. The van der Waals surface area contributed by atoms with E-state index in [2.05, 4.69) is 0 Å². The highest BCUT2D eigenvalue weighted by Gasteiger charge is 2.09. The first-order valence-electron chi connectivity index (χ1n) is 4.02. The third-order valence-electron chi connectivity index (χ3n) is 1.19. The molecule has 0 rings (SSSR count). The smallest absolute Gasteiger partial charge is 0.303 e. The molecule has 0 fully saturated rings. The molecule has 0 aliphatic carbocycles. The summed E-state index contributed by atoms with van der Waals surface area (Å²) in [6.45, 7) is 5.35. The summed E-state index contributed by atoms with van der Waals surface area (Å²) in [4.78, 5) is 20.4. The van der Waals surface area contributed by atoms with Crippen molar-refractivity contribution in [1.29, 1.82) is 0 Å². The molecule has 0 saturated carbocycles. The first-order valence-corrected chi connectivity index (χ1v) is 4.02. The molecule has 0 heterocycles. The van der Waals surface area contributed by atoms with Gasteiger partial charge < -0.3 is 10.8 Å². The number of carbonyl (C=O) groups excluding carboxylic acids is 1. The Labute approximate surface area is 72.8 Å². The van der Waals surface area contributed by atoms with Crippen molar-refractivity contribution < 1.29 is 14.7 Å². The molecule has 0 bridgehead atoms. The van der Waals surface area contributed by atoms with Crippen LogP contribution >= 0.6 is 0 Å². The summed E-state index contributed by atoms with van der Waals surface area (Å²) in [5.41, 5.74) is 5.25. The molecule has 4 nitrogen and oxygen atoms in total. The van der Waals surface area contributed by atoms with Crippen LogP contribution in [0, 0.1) is 0 Å². The quantitative estimate of drug-likeness (QED) is 0.662. The van der Waals surface area contributed by atoms with Crippen LogP contribution in [-0.2, 0) is 9.59 Å². The Morgan fingerprint density at radius 2 is 1.83 bits per heavy atom. The molecule has 0 saturated heterocycles. The second-order valence-electron chi connectivity index (χ2n) is 2.15. The molecule has 72 valence electrons. The fourth-order valence-corrected chi connectivity index (χ4v) is 0.482. The second-order valence-corrected chi connectivity index (χ2v) is 2.15. The van der Waals surface area contributed by atoms with Crippen LogP contribution < -0.4 is 5.73 Å². The minimum Gasteiger partial charge on any atom is -0.481 e. The number of carbonyl (C=O) groups is 2. The fourth-order valence-electron chi connectivity index (χ4n) is 0.482. The van der Waals surface area contributed by atoms with Crippen LogP contribution in [0.15, 0.2) is 0 Å². The predicted molar refractivity (Wildman–Crippen MR) is 46.9 cm³/mol. The van der Waals surface area contributed by atoms with E-state index in [1.54, 1.807) is 0 Å². The highest BCUT2D eigenvalue weighted by Crippen LogP contribution is 1.94. The van der Waals surface area contributed by atoms with Crippen molar-refractivity contribution in [2.45, 2.75) is 39.7 Å². The van der Waals surface area contributed by atoms with Crippen molar-refractivity contribution in [3.63, 3.8) is 0 Å². The van der Waals surface area contributed by atoms with E-state index < -0.39 is 12.0 Å². The van der Waals surface area contributed by atoms with E-state index in [-0.39, 0.29) is 18.6 Å². The van der Waals surface area contributed by atoms with Gasteiger partial charge in [0.15, 0.2) is 0 Å². The molecule has 0 aliphatic heterocycles. The van der Waals surface area contributed by atoms with Gasteiger partial charge in [-0.15, -0.1) is 0 Å². The zero-order valence-electron chi connectivity index (χ0n) is 7.83. The normalized spacial score (nSPS) is 11.0. The molecule has 0 aliphatic rings. The lowest BCUT2D eigenvalue weighted by Gasteiger charge is -2.03. The number of rotatable bonds is 4. The van der Waals surface area contributed by atoms with Crippen molar-refractivity contribution in [2.24, 2.45) is 5.73 Å². The minimum atomic E-state index is -0.920. The van der Waals surface area contributed by atoms with Crippen LogP contribution in [0.4, 0.5) is 0 Å². The minimum absolute atomic E-state index is 0.0409. The van der Waals surface area contributed by atoms with E-state index in [0.29, 0.717) is 0 Å². The molecular weight excluding hydrogens is 158 g/mol. The van der Waals surface area contributed by atoms with Crippen LogP contribution in [0.3, 0.4) is 0 Å². The summed E-state index contributed by atoms with van der Waals surface area (Å²) in [5, 5.41) is 8.18. The Morgan fingerprint density at radius 1 is 1.42 bits per heavy atom. The maximum absolute atomic E-state index is 10.4. The number of carboxylic acid groups (broad SMARTS) is 1. The number of aliphatic carboxylic acids is 1. The second kappa shape index (κ2) is 8.20. The lowest BCUT2D eigenvalue weighted by Crippen LogP contribution is -2.28. The van der Waals surface area contributed by atoms with Crippen LogP contribution in [-0.4, -0.2) is 22.9 Å². The zero-order valence-corrected chi connectivity index (χ0v) is 7.83. The Morgan fingerprint density at radius 3 is 2.08 bits per heavy atom. The zero-order chi connectivity index (χ0) is 10.1. The first-order chi connectivity index (χ1) is 5.54. The van der Waals surface area contributed by atoms with Gasteiger partial charge in [-0.25, -0.2) is 0 Å². The molecule has 0 radical (unpaired) electrons. The topological polar surface area (TPSA) is 80.4 Å². The number of hydrogen-bond donors (Lipinski definition) is 2. The summed E-state index contributed by atoms with van der Waals surface area (Å²) in [6, 6.07) is -0.615. The molecule has 1 atom stereocenters. The van der Waals surface area contributed by atoms with Crippen molar-refractivity contribution in [3.05, 3.63) is 0 Å². The van der Waals surface area contributed by atoms with E-state index in [0.717, 1.165) is 0 Å². The SMILES string of the molecule is CC.CC(=O)C(N)CCC(=O)O. The van der Waals surface area contributed by atoms with Gasteiger partial charge in [0.1, 0.15) is 5.78 Å². The third kappa shape index (κ3) is 9.10. The Hall–Kier alpha value is -0.900. The van der Waals surface area contributed by atoms with Crippen molar-refractivity contribution in [3.8, 4) is 0 Å². The van der Waals surface area contributed by atoms with Crippen LogP contribution in [0.2, 0.25) is 0 Å². The van der Waals surface area contributed by atoms with Crippen LogP contribution in [0.5, 0.6) is 0 Å². The number of hydrogen-bond acceptors (Lipinski definition) is 3. The van der Waals surface area contributed by atoms with Gasteiger partial charge in [0.2, 0.25) is 0 Å². The maximum Gasteiger partial charge on any atom is 0.303 e. The largest absolute Gasteiger partial charge is 0.481 e. The number of ketones is 1. The third-order valence-corrected chi connectivity index (χ3v) is 1.19. The summed E-state index contributed by atoms with van der Waals surface area (Å²) < 4.78 is 0. The Kier molecular flexibility index (Phi) is 9.34. The van der Waals surface area contributed by atoms with Gasteiger partial charge in [-0.05, 0) is 13.3 Å². The van der Waals surface area contributed by atoms with Gasteiger partial charge in [-0.3, -0.25) is 9.59 Å².